The molecule has 1 saturated heterocycles. The molecule has 4 nitrogen and oxygen atoms in total. The molecule has 76 valence electrons. The van der Waals surface area contributed by atoms with Gasteiger partial charge in [-0.05, 0) is 26.3 Å². The van der Waals surface area contributed by atoms with Crippen molar-refractivity contribution in [1.82, 2.24) is 10.6 Å². The molecule has 0 aromatic rings. The number of nitrogens with two attached hydrogens (primary N) is 1. The van der Waals surface area contributed by atoms with Crippen molar-refractivity contribution >= 4 is 5.91 Å². The topological polar surface area (TPSA) is 67.2 Å². The van der Waals surface area contributed by atoms with Crippen LogP contribution in [-0.2, 0) is 4.79 Å². The van der Waals surface area contributed by atoms with E-state index in [-0.39, 0.29) is 11.9 Å². The maximum atomic E-state index is 10.6. The van der Waals surface area contributed by atoms with Crippen LogP contribution in [0.25, 0.3) is 0 Å². The van der Waals surface area contributed by atoms with Gasteiger partial charge in [0.1, 0.15) is 0 Å². The molecule has 0 aliphatic carbocycles. The van der Waals surface area contributed by atoms with Gasteiger partial charge in [-0.25, -0.2) is 0 Å². The van der Waals surface area contributed by atoms with E-state index in [9.17, 15) is 4.79 Å². The molecule has 4 N–H and O–H groups in total. The lowest BCUT2D eigenvalue weighted by Crippen LogP contribution is -2.39. The molecule has 0 saturated carbocycles. The number of nitrogens with one attached hydrogen (secondary N) is 2. The molecule has 0 spiro atoms. The lowest BCUT2D eigenvalue weighted by Gasteiger charge is -2.15. The maximum Gasteiger partial charge on any atom is 0.218 e. The molecule has 2 atom stereocenters. The fourth-order valence-electron chi connectivity index (χ4n) is 1.65. The highest BCUT2D eigenvalue weighted by Crippen LogP contribution is 2.03. The van der Waals surface area contributed by atoms with Crippen LogP contribution in [0, 0.1) is 0 Å². The molecule has 1 rings (SSSR count). The highest BCUT2D eigenvalue weighted by molar-refractivity contribution is 5.74. The minimum atomic E-state index is -0.237. The quantitative estimate of drug-likeness (QED) is 0.545. The molecule has 2 unspecified atom stereocenters. The standard InChI is InChI=1S/C9H19N3O/c1-7(5-9(10)13)12-6-8-3-2-4-11-8/h7-8,11-12H,2-6H2,1H3,(H2,10,13). The van der Waals surface area contributed by atoms with Crippen LogP contribution in [0.15, 0.2) is 0 Å². The van der Waals surface area contributed by atoms with Gasteiger partial charge >= 0.3 is 0 Å². The average Bonchev–Trinajstić information content (AvgIpc) is 2.51. The summed E-state index contributed by atoms with van der Waals surface area (Å²) in [5.41, 5.74) is 5.08. The Bertz CT molecular complexity index is 166. The van der Waals surface area contributed by atoms with Gasteiger partial charge < -0.3 is 16.4 Å². The maximum absolute atomic E-state index is 10.6. The molecule has 1 fully saturated rings. The van der Waals surface area contributed by atoms with Gasteiger partial charge in [0.25, 0.3) is 0 Å². The fraction of sp³-hybridized carbons (Fsp3) is 0.889. The van der Waals surface area contributed by atoms with Crippen LogP contribution in [0.4, 0.5) is 0 Å². The minimum Gasteiger partial charge on any atom is -0.370 e. The van der Waals surface area contributed by atoms with Crippen molar-refractivity contribution in [1.29, 1.82) is 0 Å². The van der Waals surface area contributed by atoms with E-state index in [0.29, 0.717) is 12.5 Å². The molecule has 1 amide bonds. The smallest absolute Gasteiger partial charge is 0.218 e. The van der Waals surface area contributed by atoms with Gasteiger partial charge in [-0.2, -0.15) is 0 Å². The van der Waals surface area contributed by atoms with E-state index in [2.05, 4.69) is 10.6 Å². The summed E-state index contributed by atoms with van der Waals surface area (Å²) in [5.74, 6) is -0.237. The number of carbonyl (C=O) groups is 1. The van der Waals surface area contributed by atoms with E-state index in [0.717, 1.165) is 13.1 Å². The van der Waals surface area contributed by atoms with Crippen LogP contribution >= 0.6 is 0 Å². The predicted molar refractivity (Wildman–Crippen MR) is 52.3 cm³/mol. The van der Waals surface area contributed by atoms with E-state index in [1.807, 2.05) is 6.92 Å². The Morgan fingerprint density at radius 3 is 3.08 bits per heavy atom. The van der Waals surface area contributed by atoms with Crippen molar-refractivity contribution in [3.05, 3.63) is 0 Å². The van der Waals surface area contributed by atoms with E-state index < -0.39 is 0 Å². The third kappa shape index (κ3) is 4.24. The Labute approximate surface area is 79.3 Å². The summed E-state index contributed by atoms with van der Waals surface area (Å²) in [6.45, 7) is 4.05. The van der Waals surface area contributed by atoms with Crippen LogP contribution in [0.2, 0.25) is 0 Å². The molecule has 0 aromatic carbocycles. The van der Waals surface area contributed by atoms with Crippen molar-refractivity contribution in [2.24, 2.45) is 5.73 Å². The first kappa shape index (κ1) is 10.5. The van der Waals surface area contributed by atoms with Crippen molar-refractivity contribution < 1.29 is 4.79 Å². The highest BCUT2D eigenvalue weighted by atomic mass is 16.1. The SMILES string of the molecule is CC(CC(N)=O)NCC1CCCN1. The summed E-state index contributed by atoms with van der Waals surface area (Å²) in [4.78, 5) is 10.6. The van der Waals surface area contributed by atoms with E-state index in [4.69, 9.17) is 5.73 Å². The molecule has 1 aliphatic rings. The van der Waals surface area contributed by atoms with Crippen molar-refractivity contribution in [2.75, 3.05) is 13.1 Å². The zero-order chi connectivity index (χ0) is 9.68. The van der Waals surface area contributed by atoms with Crippen LogP contribution in [0.3, 0.4) is 0 Å². The zero-order valence-electron chi connectivity index (χ0n) is 8.18. The Hall–Kier alpha value is -0.610. The number of hydrogen-bond donors (Lipinski definition) is 3. The lowest BCUT2D eigenvalue weighted by atomic mass is 10.2. The zero-order valence-corrected chi connectivity index (χ0v) is 8.18. The number of hydrogen-bond acceptors (Lipinski definition) is 3. The molecule has 0 aromatic heterocycles. The Kier molecular flexibility index (Phi) is 4.18. The predicted octanol–water partition coefficient (Wildman–Crippen LogP) is -0.408. The highest BCUT2D eigenvalue weighted by Gasteiger charge is 2.14. The van der Waals surface area contributed by atoms with Crippen LogP contribution in [0.5, 0.6) is 0 Å². The molecular weight excluding hydrogens is 166 g/mol. The molecule has 1 aliphatic heterocycles. The lowest BCUT2D eigenvalue weighted by molar-refractivity contribution is -0.118. The van der Waals surface area contributed by atoms with Gasteiger partial charge in [0.05, 0.1) is 0 Å². The molecule has 13 heavy (non-hydrogen) atoms. The number of carbonyl (C=O) groups excluding carboxylic acids is 1. The summed E-state index contributed by atoms with van der Waals surface area (Å²) in [7, 11) is 0. The largest absolute Gasteiger partial charge is 0.370 e. The molecular formula is C9H19N3O. The summed E-state index contributed by atoms with van der Waals surface area (Å²) < 4.78 is 0. The first-order valence-electron chi connectivity index (χ1n) is 4.93. The van der Waals surface area contributed by atoms with Crippen molar-refractivity contribution in [2.45, 2.75) is 38.3 Å². The number of amides is 1. The van der Waals surface area contributed by atoms with Gasteiger partial charge in [0, 0.05) is 25.0 Å². The first-order chi connectivity index (χ1) is 6.18. The monoisotopic (exact) mass is 185 g/mol. The van der Waals surface area contributed by atoms with Crippen LogP contribution in [-0.4, -0.2) is 31.1 Å². The number of primary amides is 1. The minimum absolute atomic E-state index is 0.194. The average molecular weight is 185 g/mol. The van der Waals surface area contributed by atoms with Gasteiger partial charge in [0.15, 0.2) is 0 Å². The first-order valence-corrected chi connectivity index (χ1v) is 4.93. The third-order valence-electron chi connectivity index (χ3n) is 2.38. The normalized spacial score (nSPS) is 24.5. The second-order valence-corrected chi connectivity index (χ2v) is 3.77. The van der Waals surface area contributed by atoms with Gasteiger partial charge in [-0.3, -0.25) is 4.79 Å². The number of rotatable bonds is 5. The molecule has 4 heteroatoms. The summed E-state index contributed by atoms with van der Waals surface area (Å²) in [6.07, 6.45) is 2.92. The summed E-state index contributed by atoms with van der Waals surface area (Å²) in [6, 6.07) is 0.773. The van der Waals surface area contributed by atoms with Gasteiger partial charge in [-0.15, -0.1) is 0 Å². The van der Waals surface area contributed by atoms with E-state index >= 15 is 0 Å². The van der Waals surface area contributed by atoms with Gasteiger partial charge in [0.2, 0.25) is 5.91 Å². The van der Waals surface area contributed by atoms with Crippen LogP contribution in [0.1, 0.15) is 26.2 Å². The third-order valence-corrected chi connectivity index (χ3v) is 2.38. The molecule has 0 bridgehead atoms. The molecule has 0 radical (unpaired) electrons. The van der Waals surface area contributed by atoms with E-state index in [1.165, 1.54) is 12.8 Å². The van der Waals surface area contributed by atoms with Crippen LogP contribution < -0.4 is 16.4 Å². The van der Waals surface area contributed by atoms with Crippen molar-refractivity contribution in [3.8, 4) is 0 Å². The molecule has 1 heterocycles. The van der Waals surface area contributed by atoms with Crippen molar-refractivity contribution in [3.63, 3.8) is 0 Å². The second-order valence-electron chi connectivity index (χ2n) is 3.77. The summed E-state index contributed by atoms with van der Waals surface area (Å²) in [5, 5.41) is 6.68. The van der Waals surface area contributed by atoms with E-state index in [1.54, 1.807) is 0 Å². The fourth-order valence-corrected chi connectivity index (χ4v) is 1.65. The Balaban J connectivity index is 2.06. The second kappa shape index (κ2) is 5.19. The Morgan fingerprint density at radius 1 is 1.77 bits per heavy atom. The van der Waals surface area contributed by atoms with Gasteiger partial charge in [-0.1, -0.05) is 0 Å². The Morgan fingerprint density at radius 2 is 2.54 bits per heavy atom. The summed E-state index contributed by atoms with van der Waals surface area (Å²) >= 11 is 0.